The SMILES string of the molecule is CCCCCCCCC(C)C[CH]C(Br)CCCCCCC. The molecule has 1 radical (unpaired) electrons. The van der Waals surface area contributed by atoms with E-state index < -0.39 is 0 Å². The monoisotopic (exact) mass is 359 g/mol. The average Bonchev–Trinajstić information content (AvgIpc) is 2.48. The third-order valence-electron chi connectivity index (χ3n) is 4.43. The molecule has 0 saturated carbocycles. The summed E-state index contributed by atoms with van der Waals surface area (Å²) in [6.45, 7) is 6.99. The van der Waals surface area contributed by atoms with Crippen LogP contribution in [0.1, 0.15) is 111 Å². The van der Waals surface area contributed by atoms with Gasteiger partial charge >= 0.3 is 0 Å². The smallest absolute Gasteiger partial charge is 0.0177 e. The van der Waals surface area contributed by atoms with E-state index in [0.717, 1.165) is 5.92 Å². The second-order valence-electron chi connectivity index (χ2n) is 6.85. The average molecular weight is 360 g/mol. The fourth-order valence-corrected chi connectivity index (χ4v) is 3.37. The molecule has 0 spiro atoms. The van der Waals surface area contributed by atoms with Gasteiger partial charge in [0.05, 0.1) is 0 Å². The molecule has 2 atom stereocenters. The first-order valence-corrected chi connectivity index (χ1v) is 10.6. The van der Waals surface area contributed by atoms with Gasteiger partial charge in [0, 0.05) is 4.83 Å². The van der Waals surface area contributed by atoms with Crippen molar-refractivity contribution in [3.8, 4) is 0 Å². The van der Waals surface area contributed by atoms with Crippen LogP contribution in [-0.2, 0) is 0 Å². The molecule has 0 saturated heterocycles. The van der Waals surface area contributed by atoms with Crippen molar-refractivity contribution >= 4 is 15.9 Å². The van der Waals surface area contributed by atoms with Crippen LogP contribution in [0.25, 0.3) is 0 Å². The van der Waals surface area contributed by atoms with Crippen molar-refractivity contribution in [2.45, 2.75) is 115 Å². The van der Waals surface area contributed by atoms with Crippen molar-refractivity contribution in [3.63, 3.8) is 0 Å². The predicted octanol–water partition coefficient (Wildman–Crippen LogP) is 8.09. The molecular weight excluding hydrogens is 320 g/mol. The molecule has 2 unspecified atom stereocenters. The van der Waals surface area contributed by atoms with E-state index in [1.54, 1.807) is 0 Å². The third kappa shape index (κ3) is 16.7. The third-order valence-corrected chi connectivity index (χ3v) is 5.26. The van der Waals surface area contributed by atoms with Gasteiger partial charge in [0.1, 0.15) is 0 Å². The first kappa shape index (κ1) is 21.5. The maximum Gasteiger partial charge on any atom is 0.0177 e. The first-order chi connectivity index (χ1) is 10.2. The molecule has 127 valence electrons. The summed E-state index contributed by atoms with van der Waals surface area (Å²) in [4.78, 5) is 0.645. The van der Waals surface area contributed by atoms with Crippen LogP contribution in [0.5, 0.6) is 0 Å². The Morgan fingerprint density at radius 3 is 1.76 bits per heavy atom. The van der Waals surface area contributed by atoms with Crippen LogP contribution in [0.3, 0.4) is 0 Å². The normalized spacial score (nSPS) is 14.3. The van der Waals surface area contributed by atoms with Crippen molar-refractivity contribution in [3.05, 3.63) is 6.42 Å². The van der Waals surface area contributed by atoms with Gasteiger partial charge in [-0.25, -0.2) is 0 Å². The van der Waals surface area contributed by atoms with Crippen LogP contribution in [0.2, 0.25) is 0 Å². The highest BCUT2D eigenvalue weighted by atomic mass is 79.9. The lowest BCUT2D eigenvalue weighted by Crippen LogP contribution is -2.04. The van der Waals surface area contributed by atoms with Gasteiger partial charge in [-0.3, -0.25) is 0 Å². The van der Waals surface area contributed by atoms with Gasteiger partial charge < -0.3 is 0 Å². The van der Waals surface area contributed by atoms with Crippen LogP contribution in [0.4, 0.5) is 0 Å². The molecule has 0 aliphatic heterocycles. The van der Waals surface area contributed by atoms with Crippen molar-refractivity contribution in [1.82, 2.24) is 0 Å². The molecule has 0 amide bonds. The lowest BCUT2D eigenvalue weighted by Gasteiger charge is -2.14. The van der Waals surface area contributed by atoms with E-state index >= 15 is 0 Å². The number of halogens is 1. The van der Waals surface area contributed by atoms with E-state index in [1.807, 2.05) is 0 Å². The number of unbranched alkanes of at least 4 members (excludes halogenated alkanes) is 9. The summed E-state index contributed by atoms with van der Waals surface area (Å²) in [7, 11) is 0. The second kappa shape index (κ2) is 16.8. The van der Waals surface area contributed by atoms with Gasteiger partial charge in [-0.2, -0.15) is 0 Å². The molecule has 0 aliphatic rings. The summed E-state index contributed by atoms with van der Waals surface area (Å²) in [5.74, 6) is 0.872. The Hall–Kier alpha value is 0.480. The quantitative estimate of drug-likeness (QED) is 0.193. The van der Waals surface area contributed by atoms with Crippen molar-refractivity contribution in [1.29, 1.82) is 0 Å². The van der Waals surface area contributed by atoms with Gasteiger partial charge in [-0.1, -0.05) is 114 Å². The molecule has 0 fully saturated rings. The van der Waals surface area contributed by atoms with Crippen molar-refractivity contribution < 1.29 is 0 Å². The summed E-state index contributed by atoms with van der Waals surface area (Å²) in [6.07, 6.45) is 22.1. The summed E-state index contributed by atoms with van der Waals surface area (Å²) in [5, 5.41) is 0. The predicted molar refractivity (Wildman–Crippen MR) is 102 cm³/mol. The Labute approximate surface area is 144 Å². The minimum absolute atomic E-state index is 0.645. The first-order valence-electron chi connectivity index (χ1n) is 9.68. The molecule has 0 bridgehead atoms. The topological polar surface area (TPSA) is 0 Å². The molecule has 0 nitrogen and oxygen atoms in total. The summed E-state index contributed by atoms with van der Waals surface area (Å²) in [6, 6.07) is 0. The van der Waals surface area contributed by atoms with Gasteiger partial charge in [0.2, 0.25) is 0 Å². The van der Waals surface area contributed by atoms with Crippen LogP contribution in [-0.4, -0.2) is 4.83 Å². The van der Waals surface area contributed by atoms with E-state index in [1.165, 1.54) is 89.9 Å². The van der Waals surface area contributed by atoms with Crippen molar-refractivity contribution in [2.75, 3.05) is 0 Å². The van der Waals surface area contributed by atoms with Crippen LogP contribution in [0.15, 0.2) is 0 Å². The Bertz CT molecular complexity index is 190. The lowest BCUT2D eigenvalue weighted by molar-refractivity contribution is 0.471. The van der Waals surface area contributed by atoms with Gasteiger partial charge in [-0.15, -0.1) is 0 Å². The molecule has 0 aromatic heterocycles. The minimum atomic E-state index is 0.645. The molecule has 0 aliphatic carbocycles. The van der Waals surface area contributed by atoms with E-state index in [2.05, 4.69) is 43.1 Å². The highest BCUT2D eigenvalue weighted by Gasteiger charge is 2.08. The molecule has 0 heterocycles. The number of hydrogen-bond acceptors (Lipinski definition) is 0. The maximum atomic E-state index is 3.83. The Kier molecular flexibility index (Phi) is 17.2. The Morgan fingerprint density at radius 1 is 0.714 bits per heavy atom. The van der Waals surface area contributed by atoms with E-state index in [4.69, 9.17) is 0 Å². The van der Waals surface area contributed by atoms with Gasteiger partial charge in [0.15, 0.2) is 0 Å². The van der Waals surface area contributed by atoms with Crippen LogP contribution in [0, 0.1) is 12.3 Å². The minimum Gasteiger partial charge on any atom is -0.0888 e. The Morgan fingerprint density at radius 2 is 1.19 bits per heavy atom. The standard InChI is InChI=1S/C20H40Br/c1-4-6-8-10-12-13-15-19(3)17-18-20(21)16-14-11-9-7-5-2/h18-20H,4-17H2,1-3H3. The van der Waals surface area contributed by atoms with Crippen LogP contribution >= 0.6 is 15.9 Å². The van der Waals surface area contributed by atoms with Gasteiger partial charge in [0.25, 0.3) is 0 Å². The molecular formula is C20H40Br. The number of rotatable bonds is 16. The van der Waals surface area contributed by atoms with Crippen LogP contribution < -0.4 is 0 Å². The lowest BCUT2D eigenvalue weighted by atomic mass is 9.96. The molecule has 0 aromatic rings. The summed E-state index contributed by atoms with van der Waals surface area (Å²) < 4.78 is 0. The zero-order valence-electron chi connectivity index (χ0n) is 15.0. The van der Waals surface area contributed by atoms with E-state index in [-0.39, 0.29) is 0 Å². The van der Waals surface area contributed by atoms with Gasteiger partial charge in [-0.05, 0) is 25.2 Å². The maximum absolute atomic E-state index is 3.83. The second-order valence-corrected chi connectivity index (χ2v) is 8.03. The molecule has 0 N–H and O–H groups in total. The fraction of sp³-hybridized carbons (Fsp3) is 0.950. The zero-order chi connectivity index (χ0) is 15.8. The molecule has 1 heteroatoms. The summed E-state index contributed by atoms with van der Waals surface area (Å²) in [5.41, 5.74) is 0. The molecule has 21 heavy (non-hydrogen) atoms. The fourth-order valence-electron chi connectivity index (χ4n) is 2.83. The summed E-state index contributed by atoms with van der Waals surface area (Å²) >= 11 is 3.83. The van der Waals surface area contributed by atoms with Crippen molar-refractivity contribution in [2.24, 2.45) is 5.92 Å². The van der Waals surface area contributed by atoms with E-state index in [0.29, 0.717) is 4.83 Å². The molecule has 0 aromatic carbocycles. The number of hydrogen-bond donors (Lipinski definition) is 0. The Balaban J connectivity index is 3.32. The molecule has 0 rings (SSSR count). The number of alkyl halides is 1. The largest absolute Gasteiger partial charge is 0.0888 e. The zero-order valence-corrected chi connectivity index (χ0v) is 16.6. The van der Waals surface area contributed by atoms with E-state index in [9.17, 15) is 0 Å². The highest BCUT2D eigenvalue weighted by molar-refractivity contribution is 9.09. The highest BCUT2D eigenvalue weighted by Crippen LogP contribution is 2.22.